The number of hydrogen-bond acceptors (Lipinski definition) is 10. The van der Waals surface area contributed by atoms with E-state index in [1.165, 1.54) is 12.1 Å². The fraction of sp³-hybridized carbons (Fsp3) is 0. The lowest BCUT2D eigenvalue weighted by Gasteiger charge is -2.06. The van der Waals surface area contributed by atoms with Gasteiger partial charge in [0.2, 0.25) is 0 Å². The molecule has 0 atom stereocenters. The Kier molecular flexibility index (Phi) is 7.35. The molecule has 2 N–H and O–H groups in total. The van der Waals surface area contributed by atoms with Crippen LogP contribution in [0.1, 0.15) is 11.1 Å². The Morgan fingerprint density at radius 2 is 1.67 bits per heavy atom. The molecule has 0 saturated carbocycles. The normalized spacial score (nSPS) is 9.96. The lowest BCUT2D eigenvalue weighted by Crippen LogP contribution is -1.98. The second-order valence-electron chi connectivity index (χ2n) is 4.02. The summed E-state index contributed by atoms with van der Waals surface area (Å²) < 4.78 is 9.25. The van der Waals surface area contributed by atoms with Crippen LogP contribution in [0.4, 0.5) is 5.69 Å². The maximum absolute atomic E-state index is 8.95. The van der Waals surface area contributed by atoms with E-state index in [1.54, 1.807) is 30.3 Å². The summed E-state index contributed by atoms with van der Waals surface area (Å²) in [6, 6.07) is 15.4. The lowest BCUT2D eigenvalue weighted by molar-refractivity contribution is -0.432. The van der Waals surface area contributed by atoms with E-state index in [-0.39, 0.29) is 5.56 Å². The van der Waals surface area contributed by atoms with Crippen molar-refractivity contribution in [2.45, 2.75) is 9.79 Å². The van der Waals surface area contributed by atoms with E-state index in [1.807, 2.05) is 12.1 Å². The van der Waals surface area contributed by atoms with Crippen LogP contribution in [0.3, 0.4) is 0 Å². The van der Waals surface area contributed by atoms with Crippen molar-refractivity contribution in [3.05, 3.63) is 53.6 Å². The molecule has 0 heterocycles. The van der Waals surface area contributed by atoms with Crippen LogP contribution in [0.25, 0.3) is 0 Å². The third-order valence-electron chi connectivity index (χ3n) is 2.55. The summed E-state index contributed by atoms with van der Waals surface area (Å²) in [6.07, 6.45) is 0. The van der Waals surface area contributed by atoms with Crippen LogP contribution in [0, 0.1) is 22.7 Å². The van der Waals surface area contributed by atoms with Crippen LogP contribution in [-0.2, 0) is 18.7 Å². The minimum atomic E-state index is 0.259. The second kappa shape index (κ2) is 9.77. The Balaban J connectivity index is 1.83. The van der Waals surface area contributed by atoms with Crippen LogP contribution in [-0.4, -0.2) is 5.26 Å². The molecule has 8 nitrogen and oxygen atoms in total. The maximum atomic E-state index is 8.95. The number of nitrogens with zero attached hydrogens (tertiary/aromatic N) is 2. The number of nitriles is 2. The molecule has 0 fully saturated rings. The van der Waals surface area contributed by atoms with Gasteiger partial charge in [0.25, 0.3) is 0 Å². The zero-order valence-electron chi connectivity index (χ0n) is 11.8. The summed E-state index contributed by atoms with van der Waals surface area (Å²) in [7, 11) is 0. The molecule has 0 aliphatic heterocycles. The first kappa shape index (κ1) is 18.1. The molecule has 10 heteroatoms. The summed E-state index contributed by atoms with van der Waals surface area (Å²) in [5, 5.41) is 29.4. The molecule has 2 rings (SSSR count). The van der Waals surface area contributed by atoms with E-state index in [0.717, 1.165) is 24.1 Å². The van der Waals surface area contributed by atoms with Gasteiger partial charge in [-0.25, -0.2) is 10.7 Å². The molecular formula is C14H9N3O5S2. The molecule has 0 aromatic heterocycles. The maximum Gasteiger partial charge on any atom is 0.101 e. The molecule has 0 aliphatic rings. The van der Waals surface area contributed by atoms with Crippen LogP contribution in [0.15, 0.2) is 52.3 Å². The zero-order chi connectivity index (χ0) is 17.2. The van der Waals surface area contributed by atoms with Gasteiger partial charge in [0, 0.05) is 9.79 Å². The zero-order valence-corrected chi connectivity index (χ0v) is 13.5. The molecule has 0 amide bonds. The summed E-state index contributed by atoms with van der Waals surface area (Å²) in [5.74, 6) is 0. The Hall–Kier alpha value is -2.28. The first-order valence-electron chi connectivity index (χ1n) is 6.22. The van der Waals surface area contributed by atoms with Gasteiger partial charge in [0.05, 0.1) is 40.9 Å². The van der Waals surface area contributed by atoms with Gasteiger partial charge in [-0.1, -0.05) is 11.1 Å². The number of benzene rings is 2. The summed E-state index contributed by atoms with van der Waals surface area (Å²) >= 11 is 1.69. The van der Waals surface area contributed by atoms with Gasteiger partial charge in [0.1, 0.15) is 12.1 Å². The van der Waals surface area contributed by atoms with Crippen molar-refractivity contribution in [1.29, 1.82) is 10.5 Å². The molecule has 2 aromatic carbocycles. The Morgan fingerprint density at radius 3 is 2.42 bits per heavy atom. The van der Waals surface area contributed by atoms with Gasteiger partial charge >= 0.3 is 0 Å². The monoisotopic (exact) mass is 363 g/mol. The smallest absolute Gasteiger partial charge is 0.101 e. The van der Waals surface area contributed by atoms with Crippen LogP contribution in [0.2, 0.25) is 0 Å². The first-order chi connectivity index (χ1) is 11.8. The summed E-state index contributed by atoms with van der Waals surface area (Å²) in [4.78, 5) is 6.10. The highest BCUT2D eigenvalue weighted by Gasteiger charge is 2.05. The average molecular weight is 363 g/mol. The molecular weight excluding hydrogens is 354 g/mol. The molecule has 0 unspecified atom stereocenters. The van der Waals surface area contributed by atoms with E-state index in [2.05, 4.69) is 14.9 Å². The predicted octanol–water partition coefficient (Wildman–Crippen LogP) is 3.84. The summed E-state index contributed by atoms with van der Waals surface area (Å²) in [6.45, 7) is 0. The molecule has 0 spiro atoms. The lowest BCUT2D eigenvalue weighted by atomic mass is 10.1. The van der Waals surface area contributed by atoms with Crippen molar-refractivity contribution in [3.8, 4) is 12.1 Å². The average Bonchev–Trinajstić information content (AvgIpc) is 2.63. The topological polar surface area (TPSA) is 117 Å². The molecule has 0 aliphatic carbocycles. The van der Waals surface area contributed by atoms with Gasteiger partial charge in [-0.2, -0.15) is 10.5 Å². The van der Waals surface area contributed by atoms with Crippen LogP contribution < -0.4 is 5.48 Å². The highest BCUT2D eigenvalue weighted by Crippen LogP contribution is 2.24. The van der Waals surface area contributed by atoms with Crippen molar-refractivity contribution in [2.75, 3.05) is 5.48 Å². The standard InChI is InChI=1S/C14H9N3O5S2/c15-8-10-4-5-14(6-11(10)9-16)23-21-19-17-12-2-1-3-13(7-12)24-22-20-18/h1-7,17-18H. The number of rotatable bonds is 8. The van der Waals surface area contributed by atoms with Gasteiger partial charge in [-0.3, -0.25) is 0 Å². The predicted molar refractivity (Wildman–Crippen MR) is 84.6 cm³/mol. The minimum Gasteiger partial charge on any atom is -0.234 e. The van der Waals surface area contributed by atoms with Crippen LogP contribution >= 0.6 is 24.1 Å². The molecule has 122 valence electrons. The Bertz CT molecular complexity index is 776. The third-order valence-corrected chi connectivity index (χ3v) is 3.71. The highest BCUT2D eigenvalue weighted by molar-refractivity contribution is 7.94. The van der Waals surface area contributed by atoms with Crippen LogP contribution in [0.5, 0.6) is 0 Å². The van der Waals surface area contributed by atoms with Crippen molar-refractivity contribution in [2.24, 2.45) is 0 Å². The third kappa shape index (κ3) is 5.42. The fourth-order valence-corrected chi connectivity index (χ4v) is 2.41. The van der Waals surface area contributed by atoms with E-state index < -0.39 is 0 Å². The SMILES string of the molecule is N#Cc1ccc(SOONc2cccc(SOOO)c2)cc1C#N. The van der Waals surface area contributed by atoms with E-state index in [0.29, 0.717) is 21.0 Å². The van der Waals surface area contributed by atoms with Crippen molar-refractivity contribution in [3.63, 3.8) is 0 Å². The van der Waals surface area contributed by atoms with E-state index >= 15 is 0 Å². The van der Waals surface area contributed by atoms with E-state index in [9.17, 15) is 0 Å². The quantitative estimate of drug-likeness (QED) is 0.310. The van der Waals surface area contributed by atoms with Gasteiger partial charge in [-0.05, 0) is 36.4 Å². The summed E-state index contributed by atoms with van der Waals surface area (Å²) in [5.41, 5.74) is 3.67. The molecule has 24 heavy (non-hydrogen) atoms. The van der Waals surface area contributed by atoms with Crippen molar-refractivity contribution in [1.82, 2.24) is 0 Å². The molecule has 2 aromatic rings. The molecule has 0 saturated heterocycles. The van der Waals surface area contributed by atoms with E-state index in [4.69, 9.17) is 25.1 Å². The number of nitrogens with one attached hydrogen (secondary N) is 1. The molecule has 0 radical (unpaired) electrons. The Morgan fingerprint density at radius 1 is 0.917 bits per heavy atom. The van der Waals surface area contributed by atoms with Gasteiger partial charge in [0.15, 0.2) is 0 Å². The second-order valence-corrected chi connectivity index (χ2v) is 5.57. The minimum absolute atomic E-state index is 0.259. The largest absolute Gasteiger partial charge is 0.234 e. The van der Waals surface area contributed by atoms with Gasteiger partial charge < -0.3 is 0 Å². The van der Waals surface area contributed by atoms with Crippen molar-refractivity contribution >= 4 is 29.8 Å². The van der Waals surface area contributed by atoms with Crippen molar-refractivity contribution < 1.29 is 24.0 Å². The number of anilines is 1. The number of hydrogen-bond donors (Lipinski definition) is 2. The first-order valence-corrected chi connectivity index (χ1v) is 7.70. The molecule has 0 bridgehead atoms. The Labute approximate surface area is 145 Å². The highest BCUT2D eigenvalue weighted by atomic mass is 32.2. The fourth-order valence-electron chi connectivity index (χ4n) is 1.55. The van der Waals surface area contributed by atoms with Gasteiger partial charge in [-0.15, -0.1) is 13.7 Å².